The molecule has 1 N–H and O–H groups in total. The van der Waals surface area contributed by atoms with Gasteiger partial charge in [0, 0.05) is 24.3 Å². The molecule has 7 nitrogen and oxygen atoms in total. The van der Waals surface area contributed by atoms with Gasteiger partial charge in [0.1, 0.15) is 6.33 Å². The average Bonchev–Trinajstić information content (AvgIpc) is 3.16. The number of aromatic nitrogens is 4. The highest BCUT2D eigenvalue weighted by Gasteiger charge is 2.14. The van der Waals surface area contributed by atoms with Gasteiger partial charge in [-0.05, 0) is 65.4 Å². The SMILES string of the molecule is CN1CCc2ccc(NC(=O)c3cccc(-n4cnnn4)c3)cc2C1. The summed E-state index contributed by atoms with van der Waals surface area (Å²) >= 11 is 0. The number of hydrogen-bond acceptors (Lipinski definition) is 5. The van der Waals surface area contributed by atoms with Crippen molar-refractivity contribution in [3.63, 3.8) is 0 Å². The van der Waals surface area contributed by atoms with Gasteiger partial charge in [-0.1, -0.05) is 12.1 Å². The Kier molecular flexibility index (Phi) is 3.99. The Bertz CT molecular complexity index is 906. The number of amides is 1. The number of tetrazole rings is 1. The number of hydrogen-bond donors (Lipinski definition) is 1. The first-order valence-electron chi connectivity index (χ1n) is 8.14. The normalized spacial score (nSPS) is 14.1. The van der Waals surface area contributed by atoms with Crippen molar-refractivity contribution in [3.05, 3.63) is 65.5 Å². The first-order chi connectivity index (χ1) is 12.2. The van der Waals surface area contributed by atoms with Crippen molar-refractivity contribution < 1.29 is 4.79 Å². The largest absolute Gasteiger partial charge is 0.322 e. The fourth-order valence-corrected chi connectivity index (χ4v) is 3.05. The van der Waals surface area contributed by atoms with Crippen molar-refractivity contribution in [3.8, 4) is 5.69 Å². The fraction of sp³-hybridized carbons (Fsp3) is 0.222. The predicted molar refractivity (Wildman–Crippen MR) is 93.6 cm³/mol. The van der Waals surface area contributed by atoms with Gasteiger partial charge in [0.25, 0.3) is 5.91 Å². The van der Waals surface area contributed by atoms with E-state index in [0.29, 0.717) is 5.56 Å². The second-order valence-corrected chi connectivity index (χ2v) is 6.23. The standard InChI is InChI=1S/C18H18N6O/c1-23-8-7-13-5-6-16(9-15(13)11-23)20-18(25)14-3-2-4-17(10-14)24-12-19-21-22-24/h2-6,9-10,12H,7-8,11H2,1H3,(H,20,25). The zero-order valence-electron chi connectivity index (χ0n) is 13.9. The Hall–Kier alpha value is -3.06. The maximum atomic E-state index is 12.6. The molecule has 1 aliphatic heterocycles. The summed E-state index contributed by atoms with van der Waals surface area (Å²) in [5, 5.41) is 14.1. The molecule has 4 rings (SSSR count). The number of carbonyl (C=O) groups is 1. The smallest absolute Gasteiger partial charge is 0.255 e. The molecular weight excluding hydrogens is 316 g/mol. The molecular formula is C18H18N6O. The molecule has 0 fully saturated rings. The van der Waals surface area contributed by atoms with Gasteiger partial charge in [-0.2, -0.15) is 0 Å². The first kappa shape index (κ1) is 15.5. The van der Waals surface area contributed by atoms with Gasteiger partial charge >= 0.3 is 0 Å². The molecule has 7 heteroatoms. The molecule has 0 saturated heterocycles. The van der Waals surface area contributed by atoms with Gasteiger partial charge in [-0.15, -0.1) is 5.10 Å². The lowest BCUT2D eigenvalue weighted by molar-refractivity contribution is 0.102. The van der Waals surface area contributed by atoms with Gasteiger partial charge in [0.15, 0.2) is 0 Å². The van der Waals surface area contributed by atoms with Crippen LogP contribution in [0.3, 0.4) is 0 Å². The minimum Gasteiger partial charge on any atom is -0.322 e. The number of nitrogens with zero attached hydrogens (tertiary/aromatic N) is 5. The van der Waals surface area contributed by atoms with Crippen LogP contribution in [-0.2, 0) is 13.0 Å². The summed E-state index contributed by atoms with van der Waals surface area (Å²) in [4.78, 5) is 14.9. The Morgan fingerprint density at radius 3 is 2.92 bits per heavy atom. The monoisotopic (exact) mass is 334 g/mol. The van der Waals surface area contributed by atoms with Crippen molar-refractivity contribution >= 4 is 11.6 Å². The Balaban J connectivity index is 1.54. The molecule has 1 amide bonds. The van der Waals surface area contributed by atoms with Gasteiger partial charge in [0.05, 0.1) is 5.69 Å². The molecule has 0 bridgehead atoms. The van der Waals surface area contributed by atoms with E-state index >= 15 is 0 Å². The zero-order chi connectivity index (χ0) is 17.2. The summed E-state index contributed by atoms with van der Waals surface area (Å²) in [6.45, 7) is 1.98. The highest BCUT2D eigenvalue weighted by Crippen LogP contribution is 2.22. The summed E-state index contributed by atoms with van der Waals surface area (Å²) in [6.07, 6.45) is 2.55. The Morgan fingerprint density at radius 2 is 2.08 bits per heavy atom. The first-order valence-corrected chi connectivity index (χ1v) is 8.14. The van der Waals surface area contributed by atoms with Gasteiger partial charge in [-0.25, -0.2) is 4.68 Å². The van der Waals surface area contributed by atoms with E-state index in [1.54, 1.807) is 12.1 Å². The van der Waals surface area contributed by atoms with E-state index in [-0.39, 0.29) is 5.91 Å². The second kappa shape index (κ2) is 6.45. The van der Waals surface area contributed by atoms with Crippen LogP contribution >= 0.6 is 0 Å². The van der Waals surface area contributed by atoms with Crippen LogP contribution in [0.2, 0.25) is 0 Å². The minimum atomic E-state index is -0.154. The van der Waals surface area contributed by atoms with Gasteiger partial charge in [-0.3, -0.25) is 4.79 Å². The number of rotatable bonds is 3. The highest BCUT2D eigenvalue weighted by atomic mass is 16.1. The Morgan fingerprint density at radius 1 is 1.16 bits per heavy atom. The van der Waals surface area contributed by atoms with E-state index in [0.717, 1.165) is 30.9 Å². The van der Waals surface area contributed by atoms with Crippen LogP contribution in [0.5, 0.6) is 0 Å². The van der Waals surface area contributed by atoms with Crippen LogP contribution in [-0.4, -0.2) is 44.6 Å². The van der Waals surface area contributed by atoms with Crippen molar-refractivity contribution in [2.45, 2.75) is 13.0 Å². The van der Waals surface area contributed by atoms with E-state index in [2.05, 4.69) is 44.9 Å². The summed E-state index contributed by atoms with van der Waals surface area (Å²) in [5.41, 5.74) is 4.74. The summed E-state index contributed by atoms with van der Waals surface area (Å²) in [7, 11) is 2.11. The topological polar surface area (TPSA) is 75.9 Å². The van der Waals surface area contributed by atoms with E-state index in [9.17, 15) is 4.79 Å². The van der Waals surface area contributed by atoms with Gasteiger partial charge < -0.3 is 10.2 Å². The third-order valence-corrected chi connectivity index (χ3v) is 4.39. The summed E-state index contributed by atoms with van der Waals surface area (Å²) in [6, 6.07) is 13.3. The molecule has 1 aliphatic rings. The number of benzene rings is 2. The lowest BCUT2D eigenvalue weighted by atomic mass is 9.99. The molecule has 0 saturated carbocycles. The molecule has 0 radical (unpaired) electrons. The van der Waals surface area contributed by atoms with E-state index in [1.807, 2.05) is 18.2 Å². The maximum absolute atomic E-state index is 12.6. The van der Waals surface area contributed by atoms with E-state index in [1.165, 1.54) is 22.1 Å². The Labute approximate surface area is 145 Å². The predicted octanol–water partition coefficient (Wildman–Crippen LogP) is 1.90. The molecule has 0 spiro atoms. The number of likely N-dealkylation sites (N-methyl/N-ethyl adjacent to an activating group) is 1. The molecule has 0 aliphatic carbocycles. The molecule has 1 aromatic heterocycles. The van der Waals surface area contributed by atoms with E-state index in [4.69, 9.17) is 0 Å². The molecule has 0 atom stereocenters. The number of carbonyl (C=O) groups excluding carboxylic acids is 1. The van der Waals surface area contributed by atoms with Crippen molar-refractivity contribution in [2.24, 2.45) is 0 Å². The third-order valence-electron chi connectivity index (χ3n) is 4.39. The molecule has 2 heterocycles. The summed E-state index contributed by atoms with van der Waals surface area (Å²) in [5.74, 6) is -0.154. The average molecular weight is 334 g/mol. The quantitative estimate of drug-likeness (QED) is 0.792. The van der Waals surface area contributed by atoms with Crippen LogP contribution < -0.4 is 5.32 Å². The van der Waals surface area contributed by atoms with Crippen LogP contribution in [0.4, 0.5) is 5.69 Å². The molecule has 25 heavy (non-hydrogen) atoms. The molecule has 2 aromatic carbocycles. The number of anilines is 1. The van der Waals surface area contributed by atoms with Crippen LogP contribution in [0.25, 0.3) is 5.69 Å². The maximum Gasteiger partial charge on any atom is 0.255 e. The molecule has 126 valence electrons. The molecule has 3 aromatic rings. The second-order valence-electron chi connectivity index (χ2n) is 6.23. The minimum absolute atomic E-state index is 0.154. The third kappa shape index (κ3) is 3.27. The molecule has 0 unspecified atom stereocenters. The van der Waals surface area contributed by atoms with Crippen LogP contribution in [0.1, 0.15) is 21.5 Å². The number of nitrogens with one attached hydrogen (secondary N) is 1. The van der Waals surface area contributed by atoms with Crippen molar-refractivity contribution in [1.29, 1.82) is 0 Å². The highest BCUT2D eigenvalue weighted by molar-refractivity contribution is 6.04. The van der Waals surface area contributed by atoms with Crippen LogP contribution in [0.15, 0.2) is 48.8 Å². The summed E-state index contributed by atoms with van der Waals surface area (Å²) < 4.78 is 1.52. The van der Waals surface area contributed by atoms with Crippen molar-refractivity contribution in [2.75, 3.05) is 18.9 Å². The van der Waals surface area contributed by atoms with Gasteiger partial charge in [0.2, 0.25) is 0 Å². The zero-order valence-corrected chi connectivity index (χ0v) is 13.9. The lowest BCUT2D eigenvalue weighted by Gasteiger charge is -2.25. The number of fused-ring (bicyclic) bond motifs is 1. The van der Waals surface area contributed by atoms with E-state index < -0.39 is 0 Å². The van der Waals surface area contributed by atoms with Crippen molar-refractivity contribution in [1.82, 2.24) is 25.1 Å². The lowest BCUT2D eigenvalue weighted by Crippen LogP contribution is -2.26. The van der Waals surface area contributed by atoms with Crippen LogP contribution in [0, 0.1) is 0 Å². The fourth-order valence-electron chi connectivity index (χ4n) is 3.05.